The van der Waals surface area contributed by atoms with E-state index >= 15 is 0 Å². The molecule has 0 aliphatic heterocycles. The predicted octanol–water partition coefficient (Wildman–Crippen LogP) is 3.38. The van der Waals surface area contributed by atoms with Crippen LogP contribution in [0.4, 0.5) is 0 Å². The Labute approximate surface area is 111 Å². The average Bonchev–Trinajstić information content (AvgIpc) is 2.18. The van der Waals surface area contributed by atoms with Crippen molar-refractivity contribution in [3.05, 3.63) is 28.2 Å². The van der Waals surface area contributed by atoms with Crippen molar-refractivity contribution in [2.45, 2.75) is 33.2 Å². The van der Waals surface area contributed by atoms with Crippen LogP contribution < -0.4 is 10.1 Å². The first-order chi connectivity index (χ1) is 7.83. The van der Waals surface area contributed by atoms with Gasteiger partial charge in [-0.2, -0.15) is 0 Å². The highest BCUT2D eigenvalue weighted by atomic mass is 79.9. The van der Waals surface area contributed by atoms with Crippen LogP contribution in [0.2, 0.25) is 0 Å². The summed E-state index contributed by atoms with van der Waals surface area (Å²) in [6.07, 6.45) is 0. The molecule has 1 N–H and O–H groups in total. The van der Waals surface area contributed by atoms with Gasteiger partial charge in [-0.3, -0.25) is 4.79 Å². The van der Waals surface area contributed by atoms with Gasteiger partial charge in [-0.15, -0.1) is 0 Å². The van der Waals surface area contributed by atoms with E-state index in [1.54, 1.807) is 12.1 Å². The second kappa shape index (κ2) is 5.54. The number of hydrogen-bond donors (Lipinski definition) is 1. The number of carbonyl (C=O) groups is 1. The molecule has 0 saturated carbocycles. The second-order valence-electron chi connectivity index (χ2n) is 4.78. The minimum absolute atomic E-state index is 0.123. The minimum Gasteiger partial charge on any atom is -0.493 e. The average molecular weight is 300 g/mol. The van der Waals surface area contributed by atoms with E-state index in [-0.39, 0.29) is 11.4 Å². The fourth-order valence-corrected chi connectivity index (χ4v) is 1.73. The number of hydrogen-bond acceptors (Lipinski definition) is 2. The minimum atomic E-state index is -0.261. The van der Waals surface area contributed by atoms with Gasteiger partial charge in [0.1, 0.15) is 5.75 Å². The lowest BCUT2D eigenvalue weighted by Gasteiger charge is -2.21. The van der Waals surface area contributed by atoms with Crippen molar-refractivity contribution in [1.82, 2.24) is 5.32 Å². The summed E-state index contributed by atoms with van der Waals surface area (Å²) in [4.78, 5) is 12.1. The summed E-state index contributed by atoms with van der Waals surface area (Å²) in [5, 5.41) is 2.92. The Hall–Kier alpha value is -1.03. The van der Waals surface area contributed by atoms with Gasteiger partial charge in [0.05, 0.1) is 12.2 Å². The van der Waals surface area contributed by atoms with Gasteiger partial charge in [0, 0.05) is 10.0 Å². The van der Waals surface area contributed by atoms with Gasteiger partial charge >= 0.3 is 0 Å². The van der Waals surface area contributed by atoms with Crippen LogP contribution in [0.15, 0.2) is 22.7 Å². The van der Waals surface area contributed by atoms with Crippen molar-refractivity contribution in [3.8, 4) is 5.75 Å². The lowest BCUT2D eigenvalue weighted by Crippen LogP contribution is -2.40. The molecule has 0 heterocycles. The number of benzene rings is 1. The fraction of sp³-hybridized carbons (Fsp3) is 0.462. The standard InChI is InChI=1S/C13H18BrNO2/c1-5-17-11-7-6-9(14)8-10(11)12(16)15-13(2,3)4/h6-8H,5H2,1-4H3,(H,15,16). The van der Waals surface area contributed by atoms with E-state index in [4.69, 9.17) is 4.74 Å². The van der Waals surface area contributed by atoms with E-state index in [0.717, 1.165) is 4.47 Å². The Balaban J connectivity index is 3.02. The molecular formula is C13H18BrNO2. The van der Waals surface area contributed by atoms with E-state index in [1.807, 2.05) is 33.8 Å². The Morgan fingerprint density at radius 1 is 1.41 bits per heavy atom. The molecule has 1 aromatic carbocycles. The molecule has 0 spiro atoms. The van der Waals surface area contributed by atoms with E-state index in [2.05, 4.69) is 21.2 Å². The molecule has 1 rings (SSSR count). The summed E-state index contributed by atoms with van der Waals surface area (Å²) < 4.78 is 6.31. The highest BCUT2D eigenvalue weighted by Gasteiger charge is 2.18. The van der Waals surface area contributed by atoms with Gasteiger partial charge in [-0.05, 0) is 45.9 Å². The molecule has 1 amide bonds. The topological polar surface area (TPSA) is 38.3 Å². The third kappa shape index (κ3) is 4.38. The van der Waals surface area contributed by atoms with E-state index in [1.165, 1.54) is 0 Å². The zero-order valence-corrected chi connectivity index (χ0v) is 12.2. The van der Waals surface area contributed by atoms with Gasteiger partial charge in [0.25, 0.3) is 5.91 Å². The Kier molecular flexibility index (Phi) is 4.57. The monoisotopic (exact) mass is 299 g/mol. The predicted molar refractivity (Wildman–Crippen MR) is 72.5 cm³/mol. The number of halogens is 1. The normalized spacial score (nSPS) is 11.1. The molecular weight excluding hydrogens is 282 g/mol. The summed E-state index contributed by atoms with van der Waals surface area (Å²) in [5.41, 5.74) is 0.291. The maximum atomic E-state index is 12.1. The fourth-order valence-electron chi connectivity index (χ4n) is 1.37. The van der Waals surface area contributed by atoms with Crippen molar-refractivity contribution in [1.29, 1.82) is 0 Å². The Morgan fingerprint density at radius 3 is 2.59 bits per heavy atom. The summed E-state index contributed by atoms with van der Waals surface area (Å²) >= 11 is 3.36. The molecule has 0 unspecified atom stereocenters. The van der Waals surface area contributed by atoms with Gasteiger partial charge in [0.2, 0.25) is 0 Å². The summed E-state index contributed by atoms with van der Waals surface area (Å²) in [7, 11) is 0. The maximum Gasteiger partial charge on any atom is 0.255 e. The Bertz CT molecular complexity index is 410. The first-order valence-electron chi connectivity index (χ1n) is 5.58. The first-order valence-corrected chi connectivity index (χ1v) is 6.37. The van der Waals surface area contributed by atoms with Crippen molar-refractivity contribution >= 4 is 21.8 Å². The van der Waals surface area contributed by atoms with Crippen LogP contribution >= 0.6 is 15.9 Å². The smallest absolute Gasteiger partial charge is 0.255 e. The van der Waals surface area contributed by atoms with E-state index in [9.17, 15) is 4.79 Å². The molecule has 1 aromatic rings. The molecule has 0 aliphatic carbocycles. The van der Waals surface area contributed by atoms with Crippen molar-refractivity contribution in [2.24, 2.45) is 0 Å². The largest absolute Gasteiger partial charge is 0.493 e. The molecule has 0 atom stereocenters. The van der Waals surface area contributed by atoms with Crippen LogP contribution in [0, 0.1) is 0 Å². The molecule has 0 saturated heterocycles. The third-order valence-corrected chi connectivity index (χ3v) is 2.47. The zero-order chi connectivity index (χ0) is 13.1. The van der Waals surface area contributed by atoms with Gasteiger partial charge in [-0.1, -0.05) is 15.9 Å². The number of ether oxygens (including phenoxy) is 1. The van der Waals surface area contributed by atoms with Crippen molar-refractivity contribution in [2.75, 3.05) is 6.61 Å². The molecule has 0 radical (unpaired) electrons. The molecule has 17 heavy (non-hydrogen) atoms. The third-order valence-electron chi connectivity index (χ3n) is 1.97. The molecule has 4 heteroatoms. The van der Waals surface area contributed by atoms with Gasteiger partial charge in [-0.25, -0.2) is 0 Å². The van der Waals surface area contributed by atoms with Crippen LogP contribution in [-0.2, 0) is 0 Å². The molecule has 0 fully saturated rings. The quantitative estimate of drug-likeness (QED) is 0.929. The van der Waals surface area contributed by atoms with Gasteiger partial charge in [0.15, 0.2) is 0 Å². The maximum absolute atomic E-state index is 12.1. The summed E-state index contributed by atoms with van der Waals surface area (Å²) in [5.74, 6) is 0.486. The Morgan fingerprint density at radius 2 is 2.06 bits per heavy atom. The highest BCUT2D eigenvalue weighted by Crippen LogP contribution is 2.23. The molecule has 0 bridgehead atoms. The molecule has 94 valence electrons. The van der Waals surface area contributed by atoms with Crippen LogP contribution in [0.1, 0.15) is 38.1 Å². The number of carbonyl (C=O) groups excluding carboxylic acids is 1. The first kappa shape index (κ1) is 14.0. The van der Waals surface area contributed by atoms with Gasteiger partial charge < -0.3 is 10.1 Å². The molecule has 3 nitrogen and oxygen atoms in total. The van der Waals surface area contributed by atoms with Crippen LogP contribution in [0.25, 0.3) is 0 Å². The zero-order valence-electron chi connectivity index (χ0n) is 10.6. The lowest BCUT2D eigenvalue weighted by atomic mass is 10.1. The highest BCUT2D eigenvalue weighted by molar-refractivity contribution is 9.10. The summed E-state index contributed by atoms with van der Waals surface area (Å²) in [6.45, 7) is 8.28. The number of amides is 1. The van der Waals surface area contributed by atoms with E-state index in [0.29, 0.717) is 17.9 Å². The molecule has 0 aliphatic rings. The van der Waals surface area contributed by atoms with Crippen LogP contribution in [-0.4, -0.2) is 18.1 Å². The van der Waals surface area contributed by atoms with Crippen molar-refractivity contribution in [3.63, 3.8) is 0 Å². The van der Waals surface area contributed by atoms with Crippen LogP contribution in [0.3, 0.4) is 0 Å². The lowest BCUT2D eigenvalue weighted by molar-refractivity contribution is 0.0915. The number of nitrogens with one attached hydrogen (secondary N) is 1. The SMILES string of the molecule is CCOc1ccc(Br)cc1C(=O)NC(C)(C)C. The number of rotatable bonds is 3. The van der Waals surface area contributed by atoms with Crippen LogP contribution in [0.5, 0.6) is 5.75 Å². The second-order valence-corrected chi connectivity index (χ2v) is 5.69. The summed E-state index contributed by atoms with van der Waals surface area (Å²) in [6, 6.07) is 5.43. The molecule has 0 aromatic heterocycles. The van der Waals surface area contributed by atoms with Crippen molar-refractivity contribution < 1.29 is 9.53 Å². The van der Waals surface area contributed by atoms with E-state index < -0.39 is 0 Å².